The second-order valence-corrected chi connectivity index (χ2v) is 4.94. The van der Waals surface area contributed by atoms with Crippen LogP contribution in [0.15, 0.2) is 4.42 Å². The van der Waals surface area contributed by atoms with Crippen LogP contribution < -0.4 is 5.32 Å². The van der Waals surface area contributed by atoms with E-state index in [1.807, 2.05) is 24.8 Å². The maximum absolute atomic E-state index is 12.0. The summed E-state index contributed by atoms with van der Waals surface area (Å²) in [5.74, 6) is 0.547. The Hall–Kier alpha value is -1.84. The number of carbonyl (C=O) groups is 1. The molecule has 0 bridgehead atoms. The summed E-state index contributed by atoms with van der Waals surface area (Å²) in [5.41, 5.74) is 1.09. The molecule has 1 heterocycles. The zero-order valence-electron chi connectivity index (χ0n) is 12.4. The molecule has 0 unspecified atom stereocenters. The van der Waals surface area contributed by atoms with E-state index in [4.69, 9.17) is 14.8 Å². The number of aliphatic hydroxyl groups excluding tert-OH is 1. The summed E-state index contributed by atoms with van der Waals surface area (Å²) in [6.07, 6.45) is 0. The number of hydrogen-bond donors (Lipinski definition) is 2. The Morgan fingerprint density at radius 1 is 1.50 bits per heavy atom. The van der Waals surface area contributed by atoms with Crippen LogP contribution in [-0.2, 0) is 4.79 Å². The molecule has 1 aromatic heterocycles. The second kappa shape index (κ2) is 7.08. The van der Waals surface area contributed by atoms with Gasteiger partial charge in [-0.05, 0) is 27.7 Å². The van der Waals surface area contributed by atoms with E-state index < -0.39 is 0 Å². The van der Waals surface area contributed by atoms with E-state index in [2.05, 4.69) is 5.32 Å². The summed E-state index contributed by atoms with van der Waals surface area (Å²) in [6, 6.07) is 2.17. The summed E-state index contributed by atoms with van der Waals surface area (Å²) >= 11 is 0. The number of hydrogen-bond acceptors (Lipinski definition) is 5. The number of nitrogens with one attached hydrogen (secondary N) is 1. The molecule has 0 aliphatic carbocycles. The zero-order valence-corrected chi connectivity index (χ0v) is 12.4. The van der Waals surface area contributed by atoms with Crippen molar-refractivity contribution in [1.82, 2.24) is 4.90 Å². The first-order chi connectivity index (χ1) is 9.40. The highest BCUT2D eigenvalue weighted by atomic mass is 16.4. The molecule has 1 amide bonds. The van der Waals surface area contributed by atoms with Crippen LogP contribution in [0.5, 0.6) is 0 Å². The highest BCUT2D eigenvalue weighted by molar-refractivity contribution is 5.92. The molecule has 0 fully saturated rings. The highest BCUT2D eigenvalue weighted by Gasteiger charge is 2.19. The SMILES string of the molecule is Cc1oc(NC(=O)CN(CCO)C(C)C)c(C#N)c1C. The number of nitrogens with zero attached hydrogens (tertiary/aromatic N) is 2. The number of aryl methyl sites for hydroxylation is 1. The summed E-state index contributed by atoms with van der Waals surface area (Å²) in [4.78, 5) is 13.8. The minimum atomic E-state index is -0.266. The fourth-order valence-corrected chi connectivity index (χ4v) is 1.85. The first-order valence-electron chi connectivity index (χ1n) is 6.55. The number of nitriles is 1. The summed E-state index contributed by atoms with van der Waals surface area (Å²) in [6.45, 7) is 7.98. The second-order valence-electron chi connectivity index (χ2n) is 4.94. The Balaban J connectivity index is 2.76. The molecular weight excluding hydrogens is 258 g/mol. The van der Waals surface area contributed by atoms with Gasteiger partial charge in [-0.2, -0.15) is 5.26 Å². The molecule has 2 N–H and O–H groups in total. The van der Waals surface area contributed by atoms with E-state index >= 15 is 0 Å². The number of furan rings is 1. The first kappa shape index (κ1) is 16.2. The van der Waals surface area contributed by atoms with E-state index in [-0.39, 0.29) is 31.0 Å². The maximum atomic E-state index is 12.0. The van der Waals surface area contributed by atoms with Crippen molar-refractivity contribution < 1.29 is 14.3 Å². The highest BCUT2D eigenvalue weighted by Crippen LogP contribution is 2.25. The van der Waals surface area contributed by atoms with Crippen LogP contribution in [0.4, 0.5) is 5.88 Å². The van der Waals surface area contributed by atoms with Gasteiger partial charge in [0.15, 0.2) is 0 Å². The molecular formula is C14H21N3O3. The average molecular weight is 279 g/mol. The van der Waals surface area contributed by atoms with Gasteiger partial charge >= 0.3 is 0 Å². The van der Waals surface area contributed by atoms with Crippen LogP contribution in [0.2, 0.25) is 0 Å². The number of aliphatic hydroxyl groups is 1. The fraction of sp³-hybridized carbons (Fsp3) is 0.571. The lowest BCUT2D eigenvalue weighted by Gasteiger charge is -2.24. The lowest BCUT2D eigenvalue weighted by Crippen LogP contribution is -2.39. The van der Waals surface area contributed by atoms with Gasteiger partial charge in [-0.15, -0.1) is 0 Å². The van der Waals surface area contributed by atoms with Crippen molar-refractivity contribution in [2.45, 2.75) is 33.7 Å². The van der Waals surface area contributed by atoms with Crippen molar-refractivity contribution in [3.05, 3.63) is 16.9 Å². The summed E-state index contributed by atoms with van der Waals surface area (Å²) in [7, 11) is 0. The standard InChI is InChI=1S/C14H21N3O3/c1-9(2)17(5-6-18)8-13(19)16-14-12(7-15)10(3)11(4)20-14/h9,18H,5-6,8H2,1-4H3,(H,16,19). The third-order valence-corrected chi connectivity index (χ3v) is 3.21. The number of carbonyl (C=O) groups excluding carboxylic acids is 1. The van der Waals surface area contributed by atoms with Gasteiger partial charge in [0.25, 0.3) is 0 Å². The number of rotatable bonds is 6. The Morgan fingerprint density at radius 2 is 2.15 bits per heavy atom. The first-order valence-corrected chi connectivity index (χ1v) is 6.55. The van der Waals surface area contributed by atoms with E-state index in [9.17, 15) is 4.79 Å². The summed E-state index contributed by atoms with van der Waals surface area (Å²) in [5, 5.41) is 20.7. The Bertz CT molecular complexity index is 514. The average Bonchev–Trinajstić information content (AvgIpc) is 2.63. The van der Waals surface area contributed by atoms with E-state index in [1.54, 1.807) is 13.8 Å². The molecule has 6 nitrogen and oxygen atoms in total. The van der Waals surface area contributed by atoms with Crippen LogP contribution in [0.3, 0.4) is 0 Å². The topological polar surface area (TPSA) is 89.5 Å². The molecule has 0 saturated heterocycles. The minimum absolute atomic E-state index is 0.00608. The molecule has 0 aliphatic rings. The fourth-order valence-electron chi connectivity index (χ4n) is 1.85. The maximum Gasteiger partial charge on any atom is 0.240 e. The molecule has 0 atom stereocenters. The van der Waals surface area contributed by atoms with Crippen molar-refractivity contribution in [3.8, 4) is 6.07 Å². The van der Waals surface area contributed by atoms with Crippen molar-refractivity contribution in [2.24, 2.45) is 0 Å². The summed E-state index contributed by atoms with van der Waals surface area (Å²) < 4.78 is 5.39. The van der Waals surface area contributed by atoms with Crippen LogP contribution in [0.25, 0.3) is 0 Å². The van der Waals surface area contributed by atoms with Gasteiger partial charge in [0.05, 0.1) is 13.2 Å². The Labute approximate surface area is 119 Å². The van der Waals surface area contributed by atoms with E-state index in [1.165, 1.54) is 0 Å². The van der Waals surface area contributed by atoms with Crippen LogP contribution in [0, 0.1) is 25.2 Å². The molecule has 1 rings (SSSR count). The van der Waals surface area contributed by atoms with Crippen molar-refractivity contribution >= 4 is 11.8 Å². The van der Waals surface area contributed by atoms with Gasteiger partial charge in [-0.3, -0.25) is 15.0 Å². The lowest BCUT2D eigenvalue weighted by molar-refractivity contribution is -0.117. The van der Waals surface area contributed by atoms with Gasteiger partial charge in [0, 0.05) is 18.2 Å². The van der Waals surface area contributed by atoms with Gasteiger partial charge < -0.3 is 9.52 Å². The van der Waals surface area contributed by atoms with E-state index in [0.29, 0.717) is 17.9 Å². The van der Waals surface area contributed by atoms with Crippen LogP contribution >= 0.6 is 0 Å². The molecule has 0 aromatic carbocycles. The molecule has 0 spiro atoms. The molecule has 0 saturated carbocycles. The van der Waals surface area contributed by atoms with Gasteiger partial charge in [-0.25, -0.2) is 0 Å². The normalized spacial score (nSPS) is 10.9. The molecule has 20 heavy (non-hydrogen) atoms. The number of amides is 1. The Kier molecular flexibility index (Phi) is 5.74. The molecule has 6 heteroatoms. The molecule has 1 aromatic rings. The monoisotopic (exact) mass is 279 g/mol. The predicted molar refractivity (Wildman–Crippen MR) is 75.3 cm³/mol. The van der Waals surface area contributed by atoms with Gasteiger partial charge in [0.2, 0.25) is 11.8 Å². The lowest BCUT2D eigenvalue weighted by atomic mass is 10.2. The predicted octanol–water partition coefficient (Wildman–Crippen LogP) is 1.41. The molecule has 110 valence electrons. The van der Waals surface area contributed by atoms with Crippen molar-refractivity contribution in [1.29, 1.82) is 5.26 Å². The number of anilines is 1. The molecule has 0 aliphatic heterocycles. The van der Waals surface area contributed by atoms with Gasteiger partial charge in [0.1, 0.15) is 17.4 Å². The Morgan fingerprint density at radius 3 is 2.65 bits per heavy atom. The molecule has 0 radical (unpaired) electrons. The van der Waals surface area contributed by atoms with Crippen LogP contribution in [-0.4, -0.2) is 41.7 Å². The van der Waals surface area contributed by atoms with Crippen molar-refractivity contribution in [3.63, 3.8) is 0 Å². The largest absolute Gasteiger partial charge is 0.444 e. The smallest absolute Gasteiger partial charge is 0.240 e. The van der Waals surface area contributed by atoms with Crippen molar-refractivity contribution in [2.75, 3.05) is 25.0 Å². The third kappa shape index (κ3) is 3.83. The van der Waals surface area contributed by atoms with E-state index in [0.717, 1.165) is 5.56 Å². The third-order valence-electron chi connectivity index (χ3n) is 3.21. The van der Waals surface area contributed by atoms with Gasteiger partial charge in [-0.1, -0.05) is 0 Å². The zero-order chi connectivity index (χ0) is 15.3. The quantitative estimate of drug-likeness (QED) is 0.821. The van der Waals surface area contributed by atoms with Crippen LogP contribution in [0.1, 0.15) is 30.7 Å². The minimum Gasteiger partial charge on any atom is -0.444 e.